The lowest BCUT2D eigenvalue weighted by Gasteiger charge is -2.25. The van der Waals surface area contributed by atoms with E-state index in [0.717, 1.165) is 11.1 Å². The van der Waals surface area contributed by atoms with E-state index < -0.39 is 12.0 Å². The van der Waals surface area contributed by atoms with Crippen LogP contribution in [-0.4, -0.2) is 27.7 Å². The molecule has 0 bridgehead atoms. The van der Waals surface area contributed by atoms with Gasteiger partial charge in [-0.05, 0) is 53.5 Å². The van der Waals surface area contributed by atoms with Gasteiger partial charge in [0.05, 0.1) is 11.5 Å². The highest BCUT2D eigenvalue weighted by Crippen LogP contribution is 2.39. The van der Waals surface area contributed by atoms with Gasteiger partial charge in [-0.15, -0.1) is 0 Å². The molecular formula is C28H24ClNO4S2. The Hall–Kier alpha value is -3.13. The molecule has 3 aromatic carbocycles. The molecule has 0 N–H and O–H groups in total. The molecule has 8 heteroatoms. The fraction of sp³-hybridized carbons (Fsp3) is 0.179. The van der Waals surface area contributed by atoms with Crippen LogP contribution in [0.15, 0.2) is 83.8 Å². The molecule has 4 rings (SSSR count). The van der Waals surface area contributed by atoms with Crippen LogP contribution >= 0.6 is 35.6 Å². The van der Waals surface area contributed by atoms with Crippen molar-refractivity contribution in [1.29, 1.82) is 0 Å². The molecule has 0 saturated carbocycles. The number of hydrogen-bond acceptors (Lipinski definition) is 6. The average molecular weight is 538 g/mol. The lowest BCUT2D eigenvalue weighted by atomic mass is 10.1. The third kappa shape index (κ3) is 6.35. The third-order valence-corrected chi connectivity index (χ3v) is 6.93. The molecule has 184 valence electrons. The Morgan fingerprint density at radius 1 is 1.08 bits per heavy atom. The summed E-state index contributed by atoms with van der Waals surface area (Å²) in [5.74, 6) is -0.169. The number of carbonyl (C=O) groups excluding carboxylic acids is 2. The van der Waals surface area contributed by atoms with Crippen LogP contribution in [0.4, 0.5) is 0 Å². The van der Waals surface area contributed by atoms with Gasteiger partial charge in [0, 0.05) is 5.02 Å². The first-order chi connectivity index (χ1) is 17.5. The predicted octanol–water partition coefficient (Wildman–Crippen LogP) is 6.81. The smallest absolute Gasteiger partial charge is 0.333 e. The minimum atomic E-state index is -0.940. The highest BCUT2D eigenvalue weighted by molar-refractivity contribution is 8.26. The van der Waals surface area contributed by atoms with Gasteiger partial charge >= 0.3 is 5.97 Å². The molecule has 5 nitrogen and oxygen atoms in total. The van der Waals surface area contributed by atoms with Gasteiger partial charge in [-0.1, -0.05) is 97.1 Å². The molecule has 1 saturated heterocycles. The Morgan fingerprint density at radius 2 is 1.83 bits per heavy atom. The zero-order chi connectivity index (χ0) is 25.5. The van der Waals surface area contributed by atoms with Crippen molar-refractivity contribution >= 4 is 57.9 Å². The standard InChI is InChI=1S/C28H24ClNO4S2/c1-2-15-33-27(32)25(21-8-4-3-5-9-21)30-26(31)24(36-28(30)35)17-20-7-6-10-23(16-20)34-18-19-11-13-22(29)14-12-19/h3-14,16-17,25H,2,15,18H2,1H3/b24-17+. The normalized spacial score (nSPS) is 15.3. The average Bonchev–Trinajstić information content (AvgIpc) is 3.16. The minimum Gasteiger partial charge on any atom is -0.489 e. The summed E-state index contributed by atoms with van der Waals surface area (Å²) in [5.41, 5.74) is 2.43. The van der Waals surface area contributed by atoms with E-state index in [4.69, 9.17) is 33.3 Å². The van der Waals surface area contributed by atoms with Gasteiger partial charge in [0.1, 0.15) is 16.7 Å². The molecule has 1 amide bonds. The molecule has 1 aliphatic rings. The maximum Gasteiger partial charge on any atom is 0.333 e. The summed E-state index contributed by atoms with van der Waals surface area (Å²) in [6, 6.07) is 23.0. The Morgan fingerprint density at radius 3 is 2.56 bits per heavy atom. The van der Waals surface area contributed by atoms with Gasteiger partial charge in [-0.3, -0.25) is 9.69 Å². The summed E-state index contributed by atoms with van der Waals surface area (Å²) < 4.78 is 11.6. The second-order valence-corrected chi connectivity index (χ2v) is 10.1. The van der Waals surface area contributed by atoms with Crippen molar-refractivity contribution in [3.63, 3.8) is 0 Å². The van der Waals surface area contributed by atoms with Crippen molar-refractivity contribution in [3.05, 3.63) is 105 Å². The number of esters is 1. The van der Waals surface area contributed by atoms with Crippen LogP contribution in [0.5, 0.6) is 5.75 Å². The Labute approximate surface area is 225 Å². The molecule has 0 aromatic heterocycles. The number of amides is 1. The van der Waals surface area contributed by atoms with E-state index in [1.54, 1.807) is 18.2 Å². The minimum absolute atomic E-state index is 0.273. The second kappa shape index (κ2) is 12.2. The quantitative estimate of drug-likeness (QED) is 0.170. The molecular weight excluding hydrogens is 514 g/mol. The van der Waals surface area contributed by atoms with Crippen molar-refractivity contribution in [2.45, 2.75) is 26.0 Å². The van der Waals surface area contributed by atoms with Gasteiger partial charge in [0.25, 0.3) is 5.91 Å². The van der Waals surface area contributed by atoms with Gasteiger partial charge < -0.3 is 9.47 Å². The monoisotopic (exact) mass is 537 g/mol. The fourth-order valence-corrected chi connectivity index (χ4v) is 5.04. The molecule has 0 radical (unpaired) electrons. The molecule has 0 spiro atoms. The molecule has 1 unspecified atom stereocenters. The van der Waals surface area contributed by atoms with Crippen molar-refractivity contribution in [2.24, 2.45) is 0 Å². The van der Waals surface area contributed by atoms with E-state index in [1.807, 2.05) is 73.7 Å². The predicted molar refractivity (Wildman–Crippen MR) is 148 cm³/mol. The highest BCUT2D eigenvalue weighted by Gasteiger charge is 2.42. The summed E-state index contributed by atoms with van der Waals surface area (Å²) in [5, 5.41) is 0.672. The van der Waals surface area contributed by atoms with Crippen molar-refractivity contribution in [3.8, 4) is 5.75 Å². The van der Waals surface area contributed by atoms with Crippen molar-refractivity contribution < 1.29 is 19.1 Å². The Bertz CT molecular complexity index is 1280. The summed E-state index contributed by atoms with van der Waals surface area (Å²) >= 11 is 12.6. The summed E-state index contributed by atoms with van der Waals surface area (Å²) in [6.07, 6.45) is 2.44. The first kappa shape index (κ1) is 25.9. The Balaban J connectivity index is 1.54. The number of nitrogens with zero attached hydrogens (tertiary/aromatic N) is 1. The van der Waals surface area contributed by atoms with Crippen LogP contribution < -0.4 is 4.74 Å². The highest BCUT2D eigenvalue weighted by atomic mass is 35.5. The van der Waals surface area contributed by atoms with Crippen molar-refractivity contribution in [1.82, 2.24) is 4.90 Å². The third-order valence-electron chi connectivity index (χ3n) is 5.34. The second-order valence-electron chi connectivity index (χ2n) is 8.02. The number of benzene rings is 3. The SMILES string of the molecule is CCCOC(=O)C(c1ccccc1)N1C(=O)/C(=C\c2cccc(OCc3ccc(Cl)cc3)c2)SC1=S. The van der Waals surface area contributed by atoms with E-state index in [2.05, 4.69) is 0 Å². The van der Waals surface area contributed by atoms with E-state index in [9.17, 15) is 9.59 Å². The zero-order valence-electron chi connectivity index (χ0n) is 19.6. The van der Waals surface area contributed by atoms with E-state index in [1.165, 1.54) is 16.7 Å². The number of hydrogen-bond donors (Lipinski definition) is 0. The first-order valence-corrected chi connectivity index (χ1v) is 13.0. The van der Waals surface area contributed by atoms with Crippen molar-refractivity contribution in [2.75, 3.05) is 6.61 Å². The van der Waals surface area contributed by atoms with E-state index in [0.29, 0.717) is 38.6 Å². The number of carbonyl (C=O) groups is 2. The van der Waals surface area contributed by atoms with Gasteiger partial charge in [0.2, 0.25) is 0 Å². The lowest BCUT2D eigenvalue weighted by Crippen LogP contribution is -2.38. The largest absolute Gasteiger partial charge is 0.489 e. The molecule has 1 heterocycles. The van der Waals surface area contributed by atoms with E-state index in [-0.39, 0.29) is 12.5 Å². The Kier molecular flexibility index (Phi) is 8.80. The van der Waals surface area contributed by atoms with Gasteiger partial charge in [0.15, 0.2) is 6.04 Å². The van der Waals surface area contributed by atoms with Gasteiger partial charge in [-0.25, -0.2) is 4.79 Å². The number of rotatable bonds is 9. The van der Waals surface area contributed by atoms with Crippen LogP contribution in [0.25, 0.3) is 6.08 Å². The first-order valence-electron chi connectivity index (χ1n) is 11.4. The number of thioether (sulfide) groups is 1. The molecule has 1 aliphatic heterocycles. The number of thiocarbonyl (C=S) groups is 1. The molecule has 1 fully saturated rings. The molecule has 0 aliphatic carbocycles. The van der Waals surface area contributed by atoms with Crippen LogP contribution in [-0.2, 0) is 20.9 Å². The zero-order valence-corrected chi connectivity index (χ0v) is 21.9. The van der Waals surface area contributed by atoms with E-state index >= 15 is 0 Å². The fourth-order valence-electron chi connectivity index (χ4n) is 3.60. The lowest BCUT2D eigenvalue weighted by molar-refractivity contribution is -0.151. The molecule has 1 atom stereocenters. The maximum atomic E-state index is 13.4. The number of ether oxygens (including phenoxy) is 2. The topological polar surface area (TPSA) is 55.8 Å². The van der Waals surface area contributed by atoms with Crippen LogP contribution in [0.1, 0.15) is 36.1 Å². The summed E-state index contributed by atoms with van der Waals surface area (Å²) in [4.78, 5) is 28.2. The van der Waals surface area contributed by atoms with Crippen LogP contribution in [0, 0.1) is 0 Å². The molecule has 3 aromatic rings. The van der Waals surface area contributed by atoms with Crippen LogP contribution in [0.2, 0.25) is 5.02 Å². The molecule has 36 heavy (non-hydrogen) atoms. The van der Waals surface area contributed by atoms with Crippen LogP contribution in [0.3, 0.4) is 0 Å². The summed E-state index contributed by atoms with van der Waals surface area (Å²) in [7, 11) is 0. The van der Waals surface area contributed by atoms with Gasteiger partial charge in [-0.2, -0.15) is 0 Å². The summed E-state index contributed by atoms with van der Waals surface area (Å²) in [6.45, 7) is 2.58. The maximum absolute atomic E-state index is 13.4. The number of halogens is 1.